The molecule has 1 aromatic carbocycles. The van der Waals surface area contributed by atoms with Gasteiger partial charge >= 0.3 is 6.98 Å². The van der Waals surface area contributed by atoms with E-state index in [9.17, 15) is 17.3 Å². The van der Waals surface area contributed by atoms with Gasteiger partial charge in [0, 0.05) is 18.3 Å². The number of hydrogen-bond acceptors (Lipinski definition) is 2. The van der Waals surface area contributed by atoms with Crippen LogP contribution in [0.1, 0.15) is 12.5 Å². The monoisotopic (exact) mass is 287 g/mol. The summed E-state index contributed by atoms with van der Waals surface area (Å²) < 4.78 is 58.1. The molecule has 0 saturated heterocycles. The summed E-state index contributed by atoms with van der Waals surface area (Å²) in [6, 6.07) is 2.38. The second-order valence-electron chi connectivity index (χ2n) is 4.25. The lowest BCUT2D eigenvalue weighted by molar-refractivity contribution is 0.306. The van der Waals surface area contributed by atoms with Crippen LogP contribution >= 0.6 is 0 Å². The van der Waals surface area contributed by atoms with Gasteiger partial charge in [0.25, 0.3) is 0 Å². The van der Waals surface area contributed by atoms with Gasteiger partial charge in [0.05, 0.1) is 11.9 Å². The van der Waals surface area contributed by atoms with Crippen LogP contribution < -0.4 is 10.2 Å². The Morgan fingerprint density at radius 2 is 2.05 bits per heavy atom. The molecule has 0 spiro atoms. The summed E-state index contributed by atoms with van der Waals surface area (Å²) in [5.41, 5.74) is -0.412. The first kappa shape index (κ1) is 14.4. The first-order valence-corrected chi connectivity index (χ1v) is 6.03. The van der Waals surface area contributed by atoms with Crippen molar-refractivity contribution in [2.45, 2.75) is 20.1 Å². The van der Waals surface area contributed by atoms with Crippen molar-refractivity contribution in [2.75, 3.05) is 0 Å². The van der Waals surface area contributed by atoms with E-state index in [4.69, 9.17) is 4.74 Å². The molecule has 2 rings (SSSR count). The van der Waals surface area contributed by atoms with E-state index in [1.807, 2.05) is 6.92 Å². The average Bonchev–Trinajstić information content (AvgIpc) is 2.84. The van der Waals surface area contributed by atoms with Gasteiger partial charge < -0.3 is 17.7 Å². The maximum absolute atomic E-state index is 12.9. The van der Waals surface area contributed by atoms with Crippen LogP contribution in [0.3, 0.4) is 0 Å². The van der Waals surface area contributed by atoms with Crippen LogP contribution in [-0.2, 0) is 13.2 Å². The Morgan fingerprint density at radius 3 is 2.65 bits per heavy atom. The Bertz CT molecular complexity index is 597. The molecule has 0 fully saturated rings. The molecular formula is C12H12BF4N2O-. The first-order chi connectivity index (χ1) is 9.40. The van der Waals surface area contributed by atoms with E-state index in [0.717, 1.165) is 12.1 Å². The molecule has 0 atom stereocenters. The van der Waals surface area contributed by atoms with E-state index in [1.54, 1.807) is 10.9 Å². The number of hydrogen-bond donors (Lipinski definition) is 0. The number of nitrogens with zero attached hydrogens (tertiary/aromatic N) is 2. The molecule has 0 amide bonds. The third-order valence-electron chi connectivity index (χ3n) is 2.73. The molecule has 8 heteroatoms. The second-order valence-corrected chi connectivity index (χ2v) is 4.25. The van der Waals surface area contributed by atoms with Crippen LogP contribution in [-0.4, -0.2) is 16.8 Å². The average molecular weight is 287 g/mol. The van der Waals surface area contributed by atoms with Crippen molar-refractivity contribution < 1.29 is 22.1 Å². The van der Waals surface area contributed by atoms with Crippen molar-refractivity contribution in [3.8, 4) is 5.75 Å². The van der Waals surface area contributed by atoms with E-state index in [-0.39, 0.29) is 12.4 Å². The fourth-order valence-electron chi connectivity index (χ4n) is 1.72. The van der Waals surface area contributed by atoms with Crippen LogP contribution in [0, 0.1) is 5.82 Å². The quantitative estimate of drug-likeness (QED) is 0.624. The zero-order valence-corrected chi connectivity index (χ0v) is 10.7. The van der Waals surface area contributed by atoms with Crippen LogP contribution in [0.4, 0.5) is 17.3 Å². The molecule has 0 aliphatic rings. The van der Waals surface area contributed by atoms with Gasteiger partial charge in [-0.1, -0.05) is 5.46 Å². The standard InChI is InChI=1S/C12H12BF4N2O/c1-2-19-7-9(6-18-19)8-20-12-4-3-10(14)5-11(12)13(15,16)17/h3-7H,2,8H2,1H3/q-1. The van der Waals surface area contributed by atoms with Crippen molar-refractivity contribution in [3.05, 3.63) is 42.0 Å². The van der Waals surface area contributed by atoms with Gasteiger partial charge in [-0.15, -0.1) is 0 Å². The third-order valence-corrected chi connectivity index (χ3v) is 2.73. The Balaban J connectivity index is 2.17. The molecule has 0 unspecified atom stereocenters. The predicted molar refractivity (Wildman–Crippen MR) is 67.3 cm³/mol. The van der Waals surface area contributed by atoms with Crippen molar-refractivity contribution in [3.63, 3.8) is 0 Å². The first-order valence-electron chi connectivity index (χ1n) is 6.03. The Hall–Kier alpha value is -1.99. The lowest BCUT2D eigenvalue weighted by Gasteiger charge is -2.19. The largest absolute Gasteiger partial charge is 0.513 e. The molecule has 20 heavy (non-hydrogen) atoms. The minimum Gasteiger partial charge on any atom is -0.492 e. The molecular weight excluding hydrogens is 275 g/mol. The van der Waals surface area contributed by atoms with Gasteiger partial charge in [-0.3, -0.25) is 4.68 Å². The summed E-state index contributed by atoms with van der Waals surface area (Å²) in [5.74, 6) is -1.31. The van der Waals surface area contributed by atoms with Crippen LogP contribution in [0.2, 0.25) is 0 Å². The molecule has 108 valence electrons. The zero-order chi connectivity index (χ0) is 14.8. The normalized spacial score (nSPS) is 11.7. The fraction of sp³-hybridized carbons (Fsp3) is 0.250. The highest BCUT2D eigenvalue weighted by molar-refractivity contribution is 6.74. The molecule has 3 nitrogen and oxygen atoms in total. The van der Waals surface area contributed by atoms with Crippen molar-refractivity contribution >= 4 is 12.4 Å². The molecule has 0 N–H and O–H groups in total. The summed E-state index contributed by atoms with van der Waals surface area (Å²) in [6.45, 7) is -2.82. The Morgan fingerprint density at radius 1 is 1.30 bits per heavy atom. The topological polar surface area (TPSA) is 27.1 Å². The summed E-state index contributed by atoms with van der Waals surface area (Å²) in [4.78, 5) is 0. The van der Waals surface area contributed by atoms with Gasteiger partial charge in [-0.05, 0) is 25.1 Å². The molecule has 0 bridgehead atoms. The lowest BCUT2D eigenvalue weighted by Crippen LogP contribution is -2.35. The number of halogens is 4. The minimum atomic E-state index is -5.32. The second kappa shape index (κ2) is 5.56. The number of rotatable bonds is 5. The molecule has 0 radical (unpaired) electrons. The van der Waals surface area contributed by atoms with Crippen LogP contribution in [0.25, 0.3) is 0 Å². The van der Waals surface area contributed by atoms with Crippen molar-refractivity contribution in [1.82, 2.24) is 9.78 Å². The molecule has 2 aromatic rings. The predicted octanol–water partition coefficient (Wildman–Crippen LogP) is 2.68. The Labute approximate surface area is 113 Å². The minimum absolute atomic E-state index is 0.0508. The van der Waals surface area contributed by atoms with Crippen molar-refractivity contribution in [2.24, 2.45) is 0 Å². The van der Waals surface area contributed by atoms with E-state index < -0.39 is 18.3 Å². The van der Waals surface area contributed by atoms with Gasteiger partial charge in [0.1, 0.15) is 12.4 Å². The highest BCUT2D eigenvalue weighted by Gasteiger charge is 2.29. The summed E-state index contributed by atoms with van der Waals surface area (Å²) in [7, 11) is 0. The number of benzene rings is 1. The van der Waals surface area contributed by atoms with E-state index in [1.165, 1.54) is 6.20 Å². The third kappa shape index (κ3) is 3.31. The van der Waals surface area contributed by atoms with Crippen molar-refractivity contribution in [1.29, 1.82) is 0 Å². The van der Waals surface area contributed by atoms with Gasteiger partial charge in [0.15, 0.2) is 0 Å². The highest BCUT2D eigenvalue weighted by atomic mass is 19.4. The molecule has 1 heterocycles. The van der Waals surface area contributed by atoms with Crippen LogP contribution in [0.15, 0.2) is 30.6 Å². The number of aryl methyl sites for hydroxylation is 1. The fourth-order valence-corrected chi connectivity index (χ4v) is 1.72. The molecule has 0 saturated carbocycles. The smallest absolute Gasteiger partial charge is 0.492 e. The summed E-state index contributed by atoms with van der Waals surface area (Å²) in [5, 5.41) is 3.99. The zero-order valence-electron chi connectivity index (χ0n) is 10.7. The maximum atomic E-state index is 12.9. The highest BCUT2D eigenvalue weighted by Crippen LogP contribution is 2.19. The van der Waals surface area contributed by atoms with Crippen LogP contribution in [0.5, 0.6) is 5.75 Å². The maximum Gasteiger partial charge on any atom is 0.513 e. The van der Waals surface area contributed by atoms with E-state index in [2.05, 4.69) is 5.10 Å². The van der Waals surface area contributed by atoms with Gasteiger partial charge in [0.2, 0.25) is 0 Å². The van der Waals surface area contributed by atoms with Gasteiger partial charge in [-0.25, -0.2) is 4.39 Å². The Kier molecular flexibility index (Phi) is 4.01. The number of ether oxygens (including phenoxy) is 1. The SMILES string of the molecule is CCn1cc(COc2ccc(F)cc2[B-](F)(F)F)cn1. The van der Waals surface area contributed by atoms with Gasteiger partial charge in [-0.2, -0.15) is 5.10 Å². The molecule has 0 aliphatic carbocycles. The lowest BCUT2D eigenvalue weighted by atomic mass is 9.79. The molecule has 1 aromatic heterocycles. The summed E-state index contributed by atoms with van der Waals surface area (Å²) >= 11 is 0. The molecule has 0 aliphatic heterocycles. The number of aromatic nitrogens is 2. The summed E-state index contributed by atoms with van der Waals surface area (Å²) in [6.07, 6.45) is 3.20. The van der Waals surface area contributed by atoms with E-state index in [0.29, 0.717) is 18.2 Å². The van der Waals surface area contributed by atoms with E-state index >= 15 is 0 Å².